The minimum Gasteiger partial charge on any atom is -0.309 e. The molecule has 0 saturated carbocycles. The third-order valence-corrected chi connectivity index (χ3v) is 29.0. The third kappa shape index (κ3) is 13.7. The Balaban J connectivity index is 0.000000108. The van der Waals surface area contributed by atoms with E-state index in [0.717, 1.165) is 66.4 Å². The first-order chi connectivity index (χ1) is 65.7. The van der Waals surface area contributed by atoms with Crippen molar-refractivity contribution < 1.29 is 0 Å². The first-order valence-corrected chi connectivity index (χ1v) is 46.7. The zero-order valence-electron chi connectivity index (χ0n) is 72.6. The Morgan fingerprint density at radius 3 is 1.03 bits per heavy atom. The number of para-hydroxylation sites is 2. The van der Waals surface area contributed by atoms with Crippen molar-refractivity contribution in [2.24, 2.45) is 0 Å². The van der Waals surface area contributed by atoms with Crippen LogP contribution in [0.25, 0.3) is 240 Å². The van der Waals surface area contributed by atoms with E-state index in [1.165, 1.54) is 150 Å². The molecule has 0 unspecified atom stereocenters. The van der Waals surface area contributed by atoms with Gasteiger partial charge in [-0.1, -0.05) is 378 Å². The fourth-order valence-corrected chi connectivity index (χ4v) is 22.6. The normalized spacial score (nSPS) is 12.2. The zero-order valence-corrected chi connectivity index (χ0v) is 74.3. The van der Waals surface area contributed by atoms with Crippen LogP contribution in [0.2, 0.25) is 0 Å². The minimum absolute atomic E-state index is 0.0489. The number of thiophene rings is 2. The molecule has 1 aliphatic carbocycles. The van der Waals surface area contributed by atoms with E-state index in [4.69, 9.17) is 29.9 Å². The lowest BCUT2D eigenvalue weighted by Gasteiger charge is -2.21. The van der Waals surface area contributed by atoms with E-state index >= 15 is 0 Å². The second-order valence-corrected chi connectivity index (χ2v) is 36.8. The van der Waals surface area contributed by atoms with Gasteiger partial charge in [0.05, 0.1) is 22.1 Å². The summed E-state index contributed by atoms with van der Waals surface area (Å²) in [7, 11) is 0. The van der Waals surface area contributed by atoms with Crippen LogP contribution in [-0.4, -0.2) is 39.0 Å². The summed E-state index contributed by atoms with van der Waals surface area (Å²) in [6.45, 7) is 4.68. The first kappa shape index (κ1) is 78.5. The quantitative estimate of drug-likeness (QED) is 0.120. The van der Waals surface area contributed by atoms with Gasteiger partial charge in [-0.3, -0.25) is 4.57 Å². The fourth-order valence-electron chi connectivity index (χ4n) is 20.2. The molecule has 624 valence electrons. The molecule has 0 bridgehead atoms. The average Bonchev–Trinajstić information content (AvgIpc) is 1.55. The first-order valence-electron chi connectivity index (χ1n) is 45.1. The van der Waals surface area contributed by atoms with E-state index in [2.05, 4.69) is 351 Å². The molecule has 0 saturated heterocycles. The molecule has 27 rings (SSSR count). The van der Waals surface area contributed by atoms with Crippen LogP contribution in [0.15, 0.2) is 449 Å². The molecular weight excluding hydrogens is 1650 g/mol. The van der Waals surface area contributed by atoms with E-state index in [-0.39, 0.29) is 5.41 Å². The number of aromatic nitrogens is 8. The summed E-state index contributed by atoms with van der Waals surface area (Å²) in [5.41, 5.74) is 25.5. The van der Waals surface area contributed by atoms with E-state index in [9.17, 15) is 0 Å². The van der Waals surface area contributed by atoms with Gasteiger partial charge in [0.25, 0.3) is 0 Å². The van der Waals surface area contributed by atoms with Crippen molar-refractivity contribution in [2.45, 2.75) is 19.3 Å². The lowest BCUT2D eigenvalue weighted by molar-refractivity contribution is 0.661. The van der Waals surface area contributed by atoms with Gasteiger partial charge in [-0.25, -0.2) is 19.9 Å². The second-order valence-electron chi connectivity index (χ2n) is 34.7. The summed E-state index contributed by atoms with van der Waals surface area (Å²) in [5.74, 6) is 3.84. The predicted molar refractivity (Wildman–Crippen MR) is 560 cm³/mol. The molecule has 0 amide bonds. The SMILES string of the molecule is CC1(C)c2ccccc2-c2cc3c(cc21)c1ccccc1n3-c1ccc(-c2nc(-c3ccccc3)nc(-c3ccccc3)n2)cc1.c1cc(-c2ccc3c4ccccc4c4ccccc4c3c2)cc(-c2cccc3c2sc2ccccc23)c1.c1ccc(-c2nc(-c3ccccc3)nc(-n3c4ccccc4c4ccc(-c5cccc(-c6cccc7c6sc6ccccc67)c5)cc43)n2)cc1. The number of benzene rings is 20. The van der Waals surface area contributed by atoms with Crippen molar-refractivity contribution in [3.05, 3.63) is 460 Å². The monoisotopic (exact) mass is 1730 g/mol. The number of hydrogen-bond acceptors (Lipinski definition) is 8. The van der Waals surface area contributed by atoms with E-state index < -0.39 is 0 Å². The molecule has 0 fully saturated rings. The highest BCUT2D eigenvalue weighted by Crippen LogP contribution is 2.52. The third-order valence-electron chi connectivity index (χ3n) is 26.6. The van der Waals surface area contributed by atoms with Gasteiger partial charge >= 0.3 is 0 Å². The second kappa shape index (κ2) is 32.5. The molecule has 8 nitrogen and oxygen atoms in total. The zero-order chi connectivity index (χ0) is 88.2. The largest absolute Gasteiger partial charge is 0.309 e. The average molecular weight is 1730 g/mol. The standard InChI is InChI=1S/C45H28N4S.C42H30N4.C36H22S/c1-3-13-29(14-4-1)43-46-44(30-15-5-2-6-16-30)48-45(47-43)49-39-23-9-7-19-35(39)36-26-25-32(28-40(36)49)31-17-11-18-33(27-31)34-21-12-22-38-37-20-8-10-24-41(37)50-42(34)38;1-42(2)35-19-11-9-17-31(35)33-26-38-34(25-36(33)42)32-18-10-12-20-37(32)46(38)30-23-21-29(22-24-30)41-44-39(27-13-5-3-6-14-27)43-40(45-41)28-15-7-4-8-16-28;1-2-13-29-27(11-1)28-12-3-4-14-30(28)34-22-24(19-20-31(29)34)23-9-7-10-25(21-23)26-16-8-17-33-32-15-5-6-18-35(32)37-36(26)33/h1-28H;3-26H,1-2H3;1-22H. The highest BCUT2D eigenvalue weighted by molar-refractivity contribution is 7.26. The molecule has 6 heterocycles. The maximum absolute atomic E-state index is 5.12. The van der Waals surface area contributed by atoms with Crippen LogP contribution in [-0.2, 0) is 5.41 Å². The summed E-state index contributed by atoms with van der Waals surface area (Å²) in [4.78, 5) is 29.9. The van der Waals surface area contributed by atoms with Crippen molar-refractivity contribution in [2.75, 3.05) is 0 Å². The van der Waals surface area contributed by atoms with Crippen LogP contribution in [0.3, 0.4) is 0 Å². The lowest BCUT2D eigenvalue weighted by Crippen LogP contribution is -2.14. The van der Waals surface area contributed by atoms with E-state index in [0.29, 0.717) is 35.1 Å². The molecule has 0 radical (unpaired) electrons. The molecular formula is C123H80N8S2. The Morgan fingerprint density at radius 1 is 0.188 bits per heavy atom. The van der Waals surface area contributed by atoms with Gasteiger partial charge in [-0.05, 0) is 184 Å². The van der Waals surface area contributed by atoms with Crippen LogP contribution >= 0.6 is 22.7 Å². The molecule has 26 aromatic rings. The molecule has 10 heteroatoms. The molecule has 6 aromatic heterocycles. The van der Waals surface area contributed by atoms with Crippen LogP contribution in [0.1, 0.15) is 25.0 Å². The van der Waals surface area contributed by atoms with Crippen LogP contribution in [0, 0.1) is 0 Å². The van der Waals surface area contributed by atoms with Gasteiger partial charge in [0, 0.05) is 101 Å². The predicted octanol–water partition coefficient (Wildman–Crippen LogP) is 33.1. The summed E-state index contributed by atoms with van der Waals surface area (Å²) in [5, 5.41) is 18.0. The highest BCUT2D eigenvalue weighted by atomic mass is 32.1. The van der Waals surface area contributed by atoms with Gasteiger partial charge in [0.15, 0.2) is 29.1 Å². The van der Waals surface area contributed by atoms with Gasteiger partial charge < -0.3 is 4.57 Å². The number of hydrogen-bond donors (Lipinski definition) is 0. The fraction of sp³-hybridized carbons (Fsp3) is 0.0244. The topological polar surface area (TPSA) is 87.2 Å². The van der Waals surface area contributed by atoms with E-state index in [1.807, 2.05) is 144 Å². The molecule has 0 spiro atoms. The summed E-state index contributed by atoms with van der Waals surface area (Å²) in [6.07, 6.45) is 0. The summed E-state index contributed by atoms with van der Waals surface area (Å²) in [6, 6.07) is 160. The maximum Gasteiger partial charge on any atom is 0.238 e. The number of rotatable bonds is 11. The van der Waals surface area contributed by atoms with Crippen molar-refractivity contribution in [3.8, 4) is 124 Å². The molecule has 1 aliphatic rings. The Bertz CT molecular complexity index is 8960. The van der Waals surface area contributed by atoms with Crippen LogP contribution in [0.5, 0.6) is 0 Å². The Morgan fingerprint density at radius 2 is 0.519 bits per heavy atom. The number of fused-ring (bicyclic) bond motifs is 21. The van der Waals surface area contributed by atoms with Crippen molar-refractivity contribution in [1.82, 2.24) is 39.0 Å². The summed E-state index contributed by atoms with van der Waals surface area (Å²) >= 11 is 3.75. The lowest BCUT2D eigenvalue weighted by atomic mass is 9.82. The van der Waals surface area contributed by atoms with Gasteiger partial charge in [0.2, 0.25) is 5.95 Å². The maximum atomic E-state index is 5.12. The van der Waals surface area contributed by atoms with Gasteiger partial charge in [-0.2, -0.15) is 9.97 Å². The Labute approximate surface area is 775 Å². The molecule has 0 atom stereocenters. The van der Waals surface area contributed by atoms with Crippen LogP contribution in [0.4, 0.5) is 0 Å². The Kier molecular flexibility index (Phi) is 19.2. The molecule has 133 heavy (non-hydrogen) atoms. The summed E-state index contributed by atoms with van der Waals surface area (Å²) < 4.78 is 9.91. The smallest absolute Gasteiger partial charge is 0.238 e. The highest BCUT2D eigenvalue weighted by Gasteiger charge is 2.36. The van der Waals surface area contributed by atoms with Crippen molar-refractivity contribution >= 4 is 139 Å². The van der Waals surface area contributed by atoms with Gasteiger partial charge in [-0.15, -0.1) is 22.7 Å². The molecule has 20 aromatic carbocycles. The number of nitrogens with zero attached hydrogens (tertiary/aromatic N) is 8. The van der Waals surface area contributed by atoms with E-state index in [1.54, 1.807) is 0 Å². The minimum atomic E-state index is -0.0489. The molecule has 0 N–H and O–H groups in total. The van der Waals surface area contributed by atoms with Crippen molar-refractivity contribution in [1.29, 1.82) is 0 Å². The molecule has 0 aliphatic heterocycles. The van der Waals surface area contributed by atoms with Crippen molar-refractivity contribution in [3.63, 3.8) is 0 Å². The Hall–Kier alpha value is -16.8. The van der Waals surface area contributed by atoms with Crippen LogP contribution < -0.4 is 0 Å². The van der Waals surface area contributed by atoms with Gasteiger partial charge in [0.1, 0.15) is 0 Å².